The highest BCUT2D eigenvalue weighted by Crippen LogP contribution is 2.27. The van der Waals surface area contributed by atoms with Gasteiger partial charge in [0.15, 0.2) is 0 Å². The smallest absolute Gasteiger partial charge is 0.410 e. The van der Waals surface area contributed by atoms with Crippen LogP contribution in [0.4, 0.5) is 4.79 Å². The van der Waals surface area contributed by atoms with Gasteiger partial charge >= 0.3 is 6.09 Å². The van der Waals surface area contributed by atoms with Gasteiger partial charge in [-0.2, -0.15) is 0 Å². The number of nitrogens with zero attached hydrogens (tertiary/aromatic N) is 1. The van der Waals surface area contributed by atoms with Crippen LogP contribution in [0, 0.1) is 0 Å². The number of carbonyl (C=O) groups excluding carboxylic acids is 1. The van der Waals surface area contributed by atoms with E-state index in [0.29, 0.717) is 26.1 Å². The van der Waals surface area contributed by atoms with Crippen molar-refractivity contribution in [1.29, 1.82) is 0 Å². The fourth-order valence-electron chi connectivity index (χ4n) is 2.11. The number of likely N-dealkylation sites (tertiary alicyclic amines) is 1. The maximum absolute atomic E-state index is 12.0. The largest absolute Gasteiger partial charge is 0.444 e. The lowest BCUT2D eigenvalue weighted by Crippen LogP contribution is -2.48. The topological polar surface area (TPSA) is 59.0 Å². The van der Waals surface area contributed by atoms with Crippen molar-refractivity contribution >= 4 is 6.09 Å². The molecule has 1 unspecified atom stereocenters. The van der Waals surface area contributed by atoms with E-state index in [1.165, 1.54) is 0 Å². The summed E-state index contributed by atoms with van der Waals surface area (Å²) in [6, 6.07) is 0. The van der Waals surface area contributed by atoms with E-state index in [9.17, 15) is 9.90 Å². The van der Waals surface area contributed by atoms with Crippen LogP contribution in [0.5, 0.6) is 0 Å². The van der Waals surface area contributed by atoms with Crippen molar-refractivity contribution in [3.05, 3.63) is 0 Å². The molecule has 20 heavy (non-hydrogen) atoms. The molecule has 0 spiro atoms. The summed E-state index contributed by atoms with van der Waals surface area (Å²) >= 11 is 0. The van der Waals surface area contributed by atoms with Gasteiger partial charge in [-0.05, 0) is 53.9 Å². The second kappa shape index (κ2) is 6.76. The van der Waals surface area contributed by atoms with Gasteiger partial charge in [0.2, 0.25) is 0 Å². The van der Waals surface area contributed by atoms with Crippen LogP contribution in [0.1, 0.15) is 53.9 Å². The molecular formula is C15H29NO4. The third-order valence-corrected chi connectivity index (χ3v) is 3.46. The summed E-state index contributed by atoms with van der Waals surface area (Å²) in [5.74, 6) is 0. The van der Waals surface area contributed by atoms with Crippen molar-refractivity contribution in [2.45, 2.75) is 71.2 Å². The number of ether oxygens (including phenoxy) is 2. The third kappa shape index (κ3) is 6.09. The minimum Gasteiger partial charge on any atom is -0.444 e. The number of aliphatic hydroxyl groups excluding tert-OH is 1. The summed E-state index contributed by atoms with van der Waals surface area (Å²) in [6.07, 6.45) is 1.66. The van der Waals surface area contributed by atoms with Crippen LogP contribution in [0.2, 0.25) is 0 Å². The molecule has 0 aromatic heterocycles. The minimum atomic E-state index is -0.453. The molecule has 0 aromatic carbocycles. The second-order valence-corrected chi connectivity index (χ2v) is 6.90. The maximum atomic E-state index is 12.0. The van der Waals surface area contributed by atoms with Crippen LogP contribution in [0.3, 0.4) is 0 Å². The zero-order valence-corrected chi connectivity index (χ0v) is 13.4. The highest BCUT2D eigenvalue weighted by molar-refractivity contribution is 5.68. The number of carbonyl (C=O) groups is 1. The van der Waals surface area contributed by atoms with Crippen molar-refractivity contribution < 1.29 is 19.4 Å². The minimum absolute atomic E-state index is 0.201. The molecule has 1 atom stereocenters. The highest BCUT2D eigenvalue weighted by atomic mass is 16.6. The lowest BCUT2D eigenvalue weighted by molar-refractivity contribution is -0.0785. The van der Waals surface area contributed by atoms with Crippen LogP contribution in [-0.4, -0.2) is 53.1 Å². The molecule has 1 rings (SSSR count). The Balaban J connectivity index is 2.36. The molecule has 5 heteroatoms. The van der Waals surface area contributed by atoms with Crippen molar-refractivity contribution in [3.8, 4) is 0 Å². The standard InChI is InChI=1S/C15H29NO4/c1-12(17)6-11-19-15(5)7-9-16(10-8-15)13(18)20-14(2,3)4/h12,17H,6-11H2,1-5H3. The van der Waals surface area contributed by atoms with E-state index in [1.807, 2.05) is 20.8 Å². The quantitative estimate of drug-likeness (QED) is 0.863. The molecular weight excluding hydrogens is 258 g/mol. The zero-order chi connectivity index (χ0) is 15.4. The Morgan fingerprint density at radius 3 is 2.35 bits per heavy atom. The van der Waals surface area contributed by atoms with Gasteiger partial charge < -0.3 is 19.5 Å². The number of aliphatic hydroxyl groups is 1. The van der Waals surface area contributed by atoms with Gasteiger partial charge in [0, 0.05) is 19.7 Å². The number of hydrogen-bond donors (Lipinski definition) is 1. The first kappa shape index (κ1) is 17.2. The van der Waals surface area contributed by atoms with E-state index in [2.05, 4.69) is 6.92 Å². The van der Waals surface area contributed by atoms with E-state index in [0.717, 1.165) is 12.8 Å². The predicted molar refractivity (Wildman–Crippen MR) is 77.7 cm³/mol. The van der Waals surface area contributed by atoms with E-state index in [-0.39, 0.29) is 17.8 Å². The van der Waals surface area contributed by atoms with Crippen LogP contribution in [0.15, 0.2) is 0 Å². The third-order valence-electron chi connectivity index (χ3n) is 3.46. The van der Waals surface area contributed by atoms with Crippen molar-refractivity contribution in [1.82, 2.24) is 4.90 Å². The van der Waals surface area contributed by atoms with Gasteiger partial charge in [0.25, 0.3) is 0 Å². The molecule has 1 aliphatic heterocycles. The maximum Gasteiger partial charge on any atom is 0.410 e. The zero-order valence-electron chi connectivity index (χ0n) is 13.4. The Morgan fingerprint density at radius 2 is 1.90 bits per heavy atom. The average molecular weight is 287 g/mol. The Bertz CT molecular complexity index is 314. The first-order chi connectivity index (χ1) is 9.11. The normalized spacial score (nSPS) is 20.6. The van der Waals surface area contributed by atoms with Crippen molar-refractivity contribution in [3.63, 3.8) is 0 Å². The fraction of sp³-hybridized carbons (Fsp3) is 0.933. The molecule has 0 bridgehead atoms. The van der Waals surface area contributed by atoms with E-state index < -0.39 is 5.60 Å². The molecule has 0 aromatic rings. The van der Waals surface area contributed by atoms with Gasteiger partial charge in [-0.3, -0.25) is 0 Å². The Kier molecular flexibility index (Phi) is 5.83. The van der Waals surface area contributed by atoms with Gasteiger partial charge in [-0.1, -0.05) is 0 Å². The van der Waals surface area contributed by atoms with Crippen LogP contribution < -0.4 is 0 Å². The molecule has 118 valence electrons. The first-order valence-corrected chi connectivity index (χ1v) is 7.41. The molecule has 1 heterocycles. The summed E-state index contributed by atoms with van der Waals surface area (Å²) < 4.78 is 11.2. The summed E-state index contributed by atoms with van der Waals surface area (Å²) in [6.45, 7) is 11.3. The summed E-state index contributed by atoms with van der Waals surface area (Å²) in [5.41, 5.74) is -0.654. The monoisotopic (exact) mass is 287 g/mol. The number of hydrogen-bond acceptors (Lipinski definition) is 4. The lowest BCUT2D eigenvalue weighted by atomic mass is 9.93. The Hall–Kier alpha value is -0.810. The second-order valence-electron chi connectivity index (χ2n) is 6.90. The van der Waals surface area contributed by atoms with Gasteiger partial charge in [0.05, 0.1) is 11.7 Å². The molecule has 1 saturated heterocycles. The SMILES string of the molecule is CC(O)CCOC1(C)CCN(C(=O)OC(C)(C)C)CC1. The van der Waals surface area contributed by atoms with Gasteiger partial charge in [0.1, 0.15) is 5.60 Å². The molecule has 5 nitrogen and oxygen atoms in total. The molecule has 0 saturated carbocycles. The lowest BCUT2D eigenvalue weighted by Gasteiger charge is -2.39. The number of rotatable bonds is 4. The number of amides is 1. The molecule has 1 aliphatic rings. The van der Waals surface area contributed by atoms with Gasteiger partial charge in [-0.15, -0.1) is 0 Å². The first-order valence-electron chi connectivity index (χ1n) is 7.41. The predicted octanol–water partition coefficient (Wildman–Crippen LogP) is 2.56. The summed E-state index contributed by atoms with van der Waals surface area (Å²) in [4.78, 5) is 13.7. The molecule has 1 fully saturated rings. The Labute approximate surface area is 122 Å². The average Bonchev–Trinajstić information content (AvgIpc) is 2.26. The van der Waals surface area contributed by atoms with Crippen molar-refractivity contribution in [2.75, 3.05) is 19.7 Å². The van der Waals surface area contributed by atoms with Gasteiger partial charge in [-0.25, -0.2) is 4.79 Å². The van der Waals surface area contributed by atoms with E-state index >= 15 is 0 Å². The van der Waals surface area contributed by atoms with Crippen LogP contribution >= 0.6 is 0 Å². The Morgan fingerprint density at radius 1 is 1.35 bits per heavy atom. The molecule has 1 amide bonds. The summed E-state index contributed by atoms with van der Waals surface area (Å²) in [5, 5.41) is 9.24. The molecule has 0 aliphatic carbocycles. The van der Waals surface area contributed by atoms with E-state index in [4.69, 9.17) is 9.47 Å². The van der Waals surface area contributed by atoms with Crippen LogP contribution in [0.25, 0.3) is 0 Å². The highest BCUT2D eigenvalue weighted by Gasteiger charge is 2.34. The van der Waals surface area contributed by atoms with Crippen molar-refractivity contribution in [2.24, 2.45) is 0 Å². The fourth-order valence-corrected chi connectivity index (χ4v) is 2.11. The van der Waals surface area contributed by atoms with Crippen LogP contribution in [-0.2, 0) is 9.47 Å². The molecule has 1 N–H and O–H groups in total. The van der Waals surface area contributed by atoms with E-state index in [1.54, 1.807) is 11.8 Å². The summed E-state index contributed by atoms with van der Waals surface area (Å²) in [7, 11) is 0. The molecule has 0 radical (unpaired) electrons. The number of piperidine rings is 1.